The van der Waals surface area contributed by atoms with Crippen LogP contribution in [0.4, 0.5) is 0 Å². The minimum atomic E-state index is -0.276. The summed E-state index contributed by atoms with van der Waals surface area (Å²) in [6, 6.07) is 0. The molecule has 0 spiro atoms. The number of fused-ring (bicyclic) bond motifs is 5. The van der Waals surface area contributed by atoms with E-state index in [4.69, 9.17) is 0 Å². The van der Waals surface area contributed by atoms with E-state index in [-0.39, 0.29) is 46.9 Å². The minimum absolute atomic E-state index is 0.00713. The number of hydrogen-bond acceptors (Lipinski definition) is 3. The first-order valence-corrected chi connectivity index (χ1v) is 5.56. The Kier molecular flexibility index (Phi) is 1.82. The van der Waals surface area contributed by atoms with Gasteiger partial charge in [0.25, 0.3) is 0 Å². The first-order chi connectivity index (χ1) is 7.61. The van der Waals surface area contributed by atoms with Gasteiger partial charge in [0.05, 0.1) is 0 Å². The van der Waals surface area contributed by atoms with Crippen molar-refractivity contribution in [2.75, 3.05) is 0 Å². The van der Waals surface area contributed by atoms with E-state index in [2.05, 4.69) is 0 Å². The predicted molar refractivity (Wildman–Crippen MR) is 56.4 cm³/mol. The molecular weight excluding hydrogens is 204 g/mol. The summed E-state index contributed by atoms with van der Waals surface area (Å²) in [4.78, 5) is 35.2. The molecule has 3 aliphatic rings. The summed E-state index contributed by atoms with van der Waals surface area (Å²) in [5.41, 5.74) is 0. The smallest absolute Gasteiger partial charge is 0.160 e. The van der Waals surface area contributed by atoms with Gasteiger partial charge in [-0.25, -0.2) is 0 Å². The van der Waals surface area contributed by atoms with Crippen molar-refractivity contribution in [2.24, 2.45) is 29.6 Å². The fraction of sp³-hybridized carbons (Fsp3) is 0.462. The van der Waals surface area contributed by atoms with Crippen LogP contribution in [0, 0.1) is 29.6 Å². The molecule has 0 aromatic carbocycles. The summed E-state index contributed by atoms with van der Waals surface area (Å²) in [5, 5.41) is 0. The molecule has 3 aliphatic carbocycles. The first kappa shape index (κ1) is 9.70. The van der Waals surface area contributed by atoms with Crippen molar-refractivity contribution in [3.8, 4) is 0 Å². The molecule has 1 saturated carbocycles. The van der Waals surface area contributed by atoms with Crippen LogP contribution in [-0.4, -0.2) is 17.3 Å². The van der Waals surface area contributed by atoms with Crippen LogP contribution < -0.4 is 0 Å². The van der Waals surface area contributed by atoms with Gasteiger partial charge >= 0.3 is 0 Å². The minimum Gasteiger partial charge on any atom is -0.300 e. The second kappa shape index (κ2) is 3.00. The molecule has 16 heavy (non-hydrogen) atoms. The van der Waals surface area contributed by atoms with Crippen LogP contribution in [0.25, 0.3) is 0 Å². The van der Waals surface area contributed by atoms with E-state index in [0.29, 0.717) is 0 Å². The third-order valence-electron chi connectivity index (χ3n) is 4.14. The maximum Gasteiger partial charge on any atom is 0.160 e. The summed E-state index contributed by atoms with van der Waals surface area (Å²) in [6.45, 7) is 1.55. The van der Waals surface area contributed by atoms with Gasteiger partial charge in [-0.15, -0.1) is 0 Å². The molecule has 0 aliphatic heterocycles. The number of Topliss-reactive ketones (excluding diaryl/α,β-unsaturated/α-hetero) is 1. The fourth-order valence-electron chi connectivity index (χ4n) is 3.58. The average Bonchev–Trinajstić information content (AvgIpc) is 2.79. The van der Waals surface area contributed by atoms with Crippen LogP contribution in [0.3, 0.4) is 0 Å². The molecule has 0 amide bonds. The Morgan fingerprint density at radius 1 is 1.00 bits per heavy atom. The molecule has 3 nitrogen and oxygen atoms in total. The number of ketones is 3. The molecule has 3 heteroatoms. The monoisotopic (exact) mass is 216 g/mol. The highest BCUT2D eigenvalue weighted by Crippen LogP contribution is 2.54. The van der Waals surface area contributed by atoms with Crippen molar-refractivity contribution in [2.45, 2.75) is 6.92 Å². The van der Waals surface area contributed by atoms with E-state index in [1.54, 1.807) is 6.92 Å². The van der Waals surface area contributed by atoms with Crippen LogP contribution in [0.2, 0.25) is 0 Å². The molecule has 0 saturated heterocycles. The fourth-order valence-corrected chi connectivity index (χ4v) is 3.58. The lowest BCUT2D eigenvalue weighted by atomic mass is 9.75. The van der Waals surface area contributed by atoms with Gasteiger partial charge < -0.3 is 0 Å². The van der Waals surface area contributed by atoms with Crippen LogP contribution in [0.15, 0.2) is 24.3 Å². The molecule has 0 aromatic rings. The Bertz CT molecular complexity index is 424. The topological polar surface area (TPSA) is 51.2 Å². The number of carbonyl (C=O) groups excluding carboxylic acids is 3. The zero-order valence-corrected chi connectivity index (χ0v) is 8.92. The van der Waals surface area contributed by atoms with Crippen LogP contribution >= 0.6 is 0 Å². The highest BCUT2D eigenvalue weighted by Gasteiger charge is 2.58. The Labute approximate surface area is 93.2 Å². The van der Waals surface area contributed by atoms with Crippen LogP contribution in [0.5, 0.6) is 0 Å². The van der Waals surface area contributed by atoms with Crippen molar-refractivity contribution >= 4 is 17.3 Å². The first-order valence-electron chi connectivity index (χ1n) is 5.56. The van der Waals surface area contributed by atoms with Gasteiger partial charge in [-0.2, -0.15) is 0 Å². The van der Waals surface area contributed by atoms with Gasteiger partial charge in [0.15, 0.2) is 11.6 Å². The van der Waals surface area contributed by atoms with Crippen LogP contribution in [-0.2, 0) is 14.4 Å². The summed E-state index contributed by atoms with van der Waals surface area (Å²) in [5.74, 6) is -0.691. The standard InChI is InChI=1S/C13H12O3/c1-6(14)11-7-2-3-8(11)13-10(16)5-4-9(15)12(7)13/h2-5,7-8,11-13H,1H3. The quantitative estimate of drug-likeness (QED) is 0.613. The third-order valence-corrected chi connectivity index (χ3v) is 4.14. The molecule has 1 fully saturated rings. The van der Waals surface area contributed by atoms with Crippen LogP contribution in [0.1, 0.15) is 6.92 Å². The SMILES string of the molecule is CC(=O)C1C2C=CC1C1C(=O)C=CC(=O)C21. The maximum absolute atomic E-state index is 11.8. The zero-order valence-electron chi connectivity index (χ0n) is 8.92. The Hall–Kier alpha value is -1.51. The zero-order chi connectivity index (χ0) is 11.4. The third kappa shape index (κ3) is 1.01. The van der Waals surface area contributed by atoms with E-state index in [1.807, 2.05) is 12.2 Å². The molecule has 2 bridgehead atoms. The lowest BCUT2D eigenvalue weighted by Crippen LogP contribution is -2.34. The van der Waals surface area contributed by atoms with Crippen molar-refractivity contribution < 1.29 is 14.4 Å². The molecule has 0 N–H and O–H groups in total. The van der Waals surface area contributed by atoms with Gasteiger partial charge in [0, 0.05) is 17.8 Å². The Morgan fingerprint density at radius 3 is 1.81 bits per heavy atom. The molecule has 82 valence electrons. The van der Waals surface area contributed by atoms with E-state index in [9.17, 15) is 14.4 Å². The van der Waals surface area contributed by atoms with E-state index < -0.39 is 0 Å². The highest BCUT2D eigenvalue weighted by molar-refractivity contribution is 6.09. The predicted octanol–water partition coefficient (Wildman–Crippen LogP) is 0.948. The van der Waals surface area contributed by atoms with Crippen molar-refractivity contribution in [1.82, 2.24) is 0 Å². The second-order valence-corrected chi connectivity index (χ2v) is 4.87. The van der Waals surface area contributed by atoms with E-state index in [0.717, 1.165) is 0 Å². The average molecular weight is 216 g/mol. The lowest BCUT2D eigenvalue weighted by molar-refractivity contribution is -0.129. The summed E-state index contributed by atoms with van der Waals surface area (Å²) in [6.07, 6.45) is 6.63. The van der Waals surface area contributed by atoms with E-state index >= 15 is 0 Å². The van der Waals surface area contributed by atoms with E-state index in [1.165, 1.54) is 12.2 Å². The largest absolute Gasteiger partial charge is 0.300 e. The number of rotatable bonds is 1. The molecule has 4 unspecified atom stereocenters. The summed E-state index contributed by atoms with van der Waals surface area (Å²) < 4.78 is 0. The maximum atomic E-state index is 11.8. The van der Waals surface area contributed by atoms with Crippen molar-refractivity contribution in [1.29, 1.82) is 0 Å². The normalized spacial score (nSPS) is 43.9. The summed E-state index contributed by atoms with van der Waals surface area (Å²) >= 11 is 0. The number of allylic oxidation sites excluding steroid dienone is 4. The highest BCUT2D eigenvalue weighted by atomic mass is 16.1. The van der Waals surface area contributed by atoms with Crippen molar-refractivity contribution in [3.63, 3.8) is 0 Å². The number of carbonyl (C=O) groups is 3. The van der Waals surface area contributed by atoms with Gasteiger partial charge in [-0.1, -0.05) is 12.2 Å². The number of hydrogen-bond donors (Lipinski definition) is 0. The molecule has 0 radical (unpaired) electrons. The van der Waals surface area contributed by atoms with Gasteiger partial charge in [0.1, 0.15) is 5.78 Å². The summed E-state index contributed by atoms with van der Waals surface area (Å²) in [7, 11) is 0. The molecule has 0 heterocycles. The molecule has 0 aromatic heterocycles. The van der Waals surface area contributed by atoms with Gasteiger partial charge in [-0.3, -0.25) is 14.4 Å². The lowest BCUT2D eigenvalue weighted by Gasteiger charge is -2.26. The molecule has 4 atom stereocenters. The Morgan fingerprint density at radius 2 is 1.44 bits per heavy atom. The van der Waals surface area contributed by atoms with Crippen molar-refractivity contribution in [3.05, 3.63) is 24.3 Å². The second-order valence-electron chi connectivity index (χ2n) is 4.87. The van der Waals surface area contributed by atoms with Gasteiger partial charge in [-0.05, 0) is 30.9 Å². The molecular formula is C13H12O3. The van der Waals surface area contributed by atoms with Gasteiger partial charge in [0.2, 0.25) is 0 Å². The molecule has 3 rings (SSSR count). The Balaban J connectivity index is 2.08.